The summed E-state index contributed by atoms with van der Waals surface area (Å²) in [4.78, 5) is 14.2. The van der Waals surface area contributed by atoms with Crippen molar-refractivity contribution in [3.63, 3.8) is 0 Å². The second kappa shape index (κ2) is 8.51. The van der Waals surface area contributed by atoms with Crippen LogP contribution in [0.25, 0.3) is 0 Å². The summed E-state index contributed by atoms with van der Waals surface area (Å²) in [6.07, 6.45) is 0. The summed E-state index contributed by atoms with van der Waals surface area (Å²) in [5.74, 6) is 0. The van der Waals surface area contributed by atoms with Gasteiger partial charge in [-0.3, -0.25) is 0 Å². The maximum absolute atomic E-state index is 8.70. The van der Waals surface area contributed by atoms with Crippen LogP contribution in [0.15, 0.2) is 18.2 Å². The van der Waals surface area contributed by atoms with Crippen LogP contribution in [0.5, 0.6) is 0 Å². The minimum absolute atomic E-state index is 0. The minimum atomic E-state index is -2.87. The van der Waals surface area contributed by atoms with Gasteiger partial charge in [-0.15, -0.1) is 9.79 Å². The van der Waals surface area contributed by atoms with Gasteiger partial charge in [0.05, 0.1) is 0 Å². The van der Waals surface area contributed by atoms with E-state index in [0.717, 1.165) is 0 Å². The molecule has 0 unspecified atom stereocenters. The van der Waals surface area contributed by atoms with Crippen molar-refractivity contribution < 1.29 is 43.9 Å². The number of hydrogen-bond acceptors (Lipinski definition) is 1. The first-order chi connectivity index (χ1) is 7.94. The van der Waals surface area contributed by atoms with E-state index in [9.17, 15) is 0 Å². The van der Waals surface area contributed by atoms with Gasteiger partial charge in [-0.1, -0.05) is 41.5 Å². The van der Waals surface area contributed by atoms with Crippen LogP contribution in [0.1, 0.15) is 52.7 Å². The van der Waals surface area contributed by atoms with E-state index in [1.807, 2.05) is 6.07 Å². The molecule has 0 radical (unpaired) electrons. The van der Waals surface area contributed by atoms with Gasteiger partial charge < -0.3 is 0 Å². The van der Waals surface area contributed by atoms with Crippen molar-refractivity contribution in [3.8, 4) is 0 Å². The summed E-state index contributed by atoms with van der Waals surface area (Å²) in [6, 6.07) is 9.80. The van der Waals surface area contributed by atoms with Crippen LogP contribution in [0.2, 0.25) is 0 Å². The Morgan fingerprint density at radius 3 is 1.79 bits per heavy atom. The molecule has 1 rings (SSSR count). The Hall–Kier alpha value is 0.240. The fraction of sp³-hybridized carbons (Fsp3) is 0.571. The molecule has 19 heavy (non-hydrogen) atoms. The summed E-state index contributed by atoms with van der Waals surface area (Å²) in [6.45, 7) is 13.4. The molecule has 2 N–H and O–H groups in total. The molecule has 0 bridgehead atoms. The van der Waals surface area contributed by atoms with Crippen molar-refractivity contribution in [1.82, 2.24) is 0 Å². The largest absolute Gasteiger partial charge is 1.00 e. The van der Waals surface area contributed by atoms with Crippen LogP contribution in [0.4, 0.5) is 0 Å². The molecule has 0 heterocycles. The van der Waals surface area contributed by atoms with Gasteiger partial charge in [0, 0.05) is 4.57 Å². The fourth-order valence-electron chi connectivity index (χ4n) is 1.37. The van der Waals surface area contributed by atoms with Gasteiger partial charge in [-0.2, -0.15) is 35.4 Å². The smallest absolute Gasteiger partial charge is 0.180 e. The molecule has 1 aromatic carbocycles. The molecular formula is C14H23NaO3P+. The maximum Gasteiger partial charge on any atom is 1.00 e. The van der Waals surface area contributed by atoms with E-state index in [4.69, 9.17) is 14.4 Å². The Bertz CT molecular complexity index is 373. The van der Waals surface area contributed by atoms with E-state index in [0.29, 0.717) is 0 Å². The molecule has 1 aromatic rings. The van der Waals surface area contributed by atoms with Gasteiger partial charge >= 0.3 is 37.8 Å². The second-order valence-electron chi connectivity index (χ2n) is 6.24. The van der Waals surface area contributed by atoms with Crippen LogP contribution in [0.3, 0.4) is 0 Å². The molecule has 0 amide bonds. The third-order valence-electron chi connectivity index (χ3n) is 2.48. The summed E-state index contributed by atoms with van der Waals surface area (Å²) in [5.41, 5.74) is 3.11. The zero-order valence-corrected chi connectivity index (χ0v) is 15.9. The van der Waals surface area contributed by atoms with E-state index in [2.05, 4.69) is 59.7 Å². The van der Waals surface area contributed by atoms with Gasteiger partial charge in [0.15, 0.2) is 0 Å². The fourth-order valence-corrected chi connectivity index (χ4v) is 1.37. The Morgan fingerprint density at radius 1 is 1.05 bits per heavy atom. The van der Waals surface area contributed by atoms with E-state index in [1.165, 1.54) is 11.1 Å². The predicted octanol–water partition coefficient (Wildman–Crippen LogP) is 0.714. The number of benzene rings is 1. The third-order valence-corrected chi connectivity index (χ3v) is 2.48. The first kappa shape index (κ1) is 21.5. The molecule has 0 aliphatic carbocycles. The molecule has 0 aliphatic rings. The Balaban J connectivity index is 0. The van der Waals surface area contributed by atoms with Crippen molar-refractivity contribution in [2.24, 2.45) is 0 Å². The average molecular weight is 293 g/mol. The molecule has 5 heteroatoms. The molecule has 0 fully saturated rings. The molecule has 0 saturated heterocycles. The molecule has 3 nitrogen and oxygen atoms in total. The Kier molecular flexibility index (Phi) is 9.65. The van der Waals surface area contributed by atoms with Crippen LogP contribution < -0.4 is 29.6 Å². The molecule has 0 spiro atoms. The van der Waals surface area contributed by atoms with Gasteiger partial charge in [-0.05, 0) is 10.8 Å². The van der Waals surface area contributed by atoms with Crippen LogP contribution >= 0.6 is 8.25 Å². The normalized spacial score (nSPS) is 10.9. The number of hydrogen-bond donors (Lipinski definition) is 2. The summed E-state index contributed by atoms with van der Waals surface area (Å²) >= 11 is 0. The van der Waals surface area contributed by atoms with Crippen molar-refractivity contribution in [2.45, 2.75) is 52.4 Å². The molecule has 0 saturated carbocycles. The van der Waals surface area contributed by atoms with Crippen molar-refractivity contribution in [1.29, 1.82) is 0 Å². The van der Waals surface area contributed by atoms with Crippen molar-refractivity contribution >= 4 is 8.25 Å². The van der Waals surface area contributed by atoms with Crippen LogP contribution in [0, 0.1) is 6.07 Å². The van der Waals surface area contributed by atoms with Gasteiger partial charge in [0.25, 0.3) is 0 Å². The molecule has 0 aromatic heterocycles. The SMILES string of the molecule is CC(C)(C)c1[c-]ccc(C(C)(C)C)c1.O=[P+](O)O.[Na+]. The summed E-state index contributed by atoms with van der Waals surface area (Å²) in [5, 5.41) is 0. The van der Waals surface area contributed by atoms with Crippen LogP contribution in [-0.4, -0.2) is 9.79 Å². The Morgan fingerprint density at radius 2 is 1.47 bits per heavy atom. The summed E-state index contributed by atoms with van der Waals surface area (Å²) < 4.78 is 8.70. The van der Waals surface area contributed by atoms with Crippen molar-refractivity contribution in [2.75, 3.05) is 0 Å². The van der Waals surface area contributed by atoms with E-state index >= 15 is 0 Å². The predicted molar refractivity (Wildman–Crippen MR) is 74.7 cm³/mol. The molecule has 0 atom stereocenters. The second-order valence-corrected chi connectivity index (χ2v) is 6.75. The van der Waals surface area contributed by atoms with E-state index in [1.54, 1.807) is 0 Å². The molecule has 0 aliphatic heterocycles. The molecule has 102 valence electrons. The number of rotatable bonds is 0. The first-order valence-electron chi connectivity index (χ1n) is 5.82. The van der Waals surface area contributed by atoms with E-state index in [-0.39, 0.29) is 40.4 Å². The first-order valence-corrected chi connectivity index (χ1v) is 6.99. The van der Waals surface area contributed by atoms with Gasteiger partial charge in [0.2, 0.25) is 0 Å². The zero-order chi connectivity index (χ0) is 14.6. The quantitative estimate of drug-likeness (QED) is 0.421. The minimum Gasteiger partial charge on any atom is -0.180 e. The van der Waals surface area contributed by atoms with E-state index < -0.39 is 8.25 Å². The average Bonchev–Trinajstić information content (AvgIpc) is 2.14. The maximum atomic E-state index is 8.70. The standard InChI is InChI=1S/C14H21.Na.HO3P/c1-13(2,3)11-8-7-9-12(10-11)14(4,5)6;;1-4(2)3/h7-8,10H,1-6H3;;(H-,1,2,3)/q-1;+1;/p+1. The van der Waals surface area contributed by atoms with Crippen LogP contribution in [-0.2, 0) is 15.4 Å². The summed E-state index contributed by atoms with van der Waals surface area (Å²) in [7, 11) is -2.87. The van der Waals surface area contributed by atoms with Gasteiger partial charge in [-0.25, -0.2) is 0 Å². The van der Waals surface area contributed by atoms with Crippen molar-refractivity contribution in [3.05, 3.63) is 35.4 Å². The van der Waals surface area contributed by atoms with Gasteiger partial charge in [0.1, 0.15) is 0 Å². The Labute approximate surface area is 139 Å². The molecular weight excluding hydrogens is 270 g/mol. The topological polar surface area (TPSA) is 57.5 Å². The third kappa shape index (κ3) is 9.73. The zero-order valence-electron chi connectivity index (χ0n) is 13.0. The monoisotopic (exact) mass is 293 g/mol.